The molecule has 0 heterocycles. The molecule has 0 rings (SSSR count). The smallest absolute Gasteiger partial charge is 0.326 e. The van der Waals surface area contributed by atoms with Gasteiger partial charge in [-0.15, -0.1) is 0 Å². The van der Waals surface area contributed by atoms with E-state index in [1.54, 1.807) is 0 Å². The van der Waals surface area contributed by atoms with Crippen LogP contribution < -0.4 is 10.6 Å². The maximum Gasteiger partial charge on any atom is 0.326 e. The molecule has 1 atom stereocenters. The van der Waals surface area contributed by atoms with E-state index < -0.39 is 36.0 Å². The Morgan fingerprint density at radius 2 is 1.55 bits per heavy atom. The van der Waals surface area contributed by atoms with Gasteiger partial charge in [0.25, 0.3) is 0 Å². The fourth-order valence-electron chi connectivity index (χ4n) is 2.25. The van der Waals surface area contributed by atoms with Crippen molar-refractivity contribution in [1.82, 2.24) is 10.6 Å². The summed E-state index contributed by atoms with van der Waals surface area (Å²) in [5.41, 5.74) is -0.543. The second-order valence-electron chi connectivity index (χ2n) is 6.71. The average molecular weight is 288 g/mol. The van der Waals surface area contributed by atoms with Gasteiger partial charge < -0.3 is 20.8 Å². The lowest BCUT2D eigenvalue weighted by Crippen LogP contribution is -2.54. The molecule has 0 aromatic heterocycles. The van der Waals surface area contributed by atoms with Crippen molar-refractivity contribution < 1.29 is 24.6 Å². The number of rotatable bonds is 6. The van der Waals surface area contributed by atoms with Crippen LogP contribution in [0.2, 0.25) is 0 Å². The van der Waals surface area contributed by atoms with Crippen molar-refractivity contribution >= 4 is 18.0 Å². The van der Waals surface area contributed by atoms with Crippen molar-refractivity contribution in [2.45, 2.75) is 59.0 Å². The summed E-state index contributed by atoms with van der Waals surface area (Å²) in [6.07, 6.45) is 0.0204. The zero-order valence-electron chi connectivity index (χ0n) is 12.6. The Bertz CT molecular complexity index is 385. The highest BCUT2D eigenvalue weighted by molar-refractivity contribution is 5.86. The summed E-state index contributed by atoms with van der Waals surface area (Å²) in [6.45, 7) is 9.73. The van der Waals surface area contributed by atoms with Crippen LogP contribution in [0.4, 0.5) is 4.79 Å². The minimum atomic E-state index is -1.45. The van der Waals surface area contributed by atoms with E-state index in [2.05, 4.69) is 10.6 Å². The highest BCUT2D eigenvalue weighted by Crippen LogP contribution is 2.26. The van der Waals surface area contributed by atoms with Crippen LogP contribution in [-0.2, 0) is 9.59 Å². The van der Waals surface area contributed by atoms with Crippen molar-refractivity contribution in [1.29, 1.82) is 0 Å². The van der Waals surface area contributed by atoms with Gasteiger partial charge in [-0.05, 0) is 25.7 Å². The van der Waals surface area contributed by atoms with Gasteiger partial charge in [0.05, 0.1) is 6.42 Å². The molecular weight excluding hydrogens is 264 g/mol. The number of amides is 2. The summed E-state index contributed by atoms with van der Waals surface area (Å²) in [7, 11) is 0. The number of urea groups is 1. The first-order chi connectivity index (χ1) is 8.82. The van der Waals surface area contributed by atoms with Gasteiger partial charge in [-0.2, -0.15) is 0 Å². The molecule has 0 saturated carbocycles. The Labute approximate surface area is 118 Å². The summed E-state index contributed by atoms with van der Waals surface area (Å²) in [4.78, 5) is 33.2. The van der Waals surface area contributed by atoms with E-state index in [-0.39, 0.29) is 5.41 Å². The molecule has 0 aliphatic rings. The lowest BCUT2D eigenvalue weighted by molar-refractivity contribution is -0.145. The van der Waals surface area contributed by atoms with Gasteiger partial charge in [0.1, 0.15) is 6.04 Å². The molecule has 0 aromatic rings. The van der Waals surface area contributed by atoms with Gasteiger partial charge in [-0.25, -0.2) is 9.59 Å². The molecule has 0 unspecified atom stereocenters. The van der Waals surface area contributed by atoms with Gasteiger partial charge in [0.2, 0.25) is 0 Å². The van der Waals surface area contributed by atoms with Crippen LogP contribution in [0.3, 0.4) is 0 Å². The summed E-state index contributed by atoms with van der Waals surface area (Å²) in [5, 5.41) is 22.3. The number of hydrogen-bond acceptors (Lipinski definition) is 3. The van der Waals surface area contributed by atoms with E-state index in [1.165, 1.54) is 0 Å². The van der Waals surface area contributed by atoms with Crippen LogP contribution in [0.25, 0.3) is 0 Å². The minimum absolute atomic E-state index is 0.00988. The number of nitrogens with one attached hydrogen (secondary N) is 2. The normalized spacial score (nSPS) is 13.4. The van der Waals surface area contributed by atoms with Crippen LogP contribution >= 0.6 is 0 Å². The predicted molar refractivity (Wildman–Crippen MR) is 73.5 cm³/mol. The van der Waals surface area contributed by atoms with E-state index >= 15 is 0 Å². The number of aliphatic carboxylic acids is 2. The van der Waals surface area contributed by atoms with Crippen molar-refractivity contribution in [3.05, 3.63) is 0 Å². The molecule has 0 saturated heterocycles. The topological polar surface area (TPSA) is 116 Å². The lowest BCUT2D eigenvalue weighted by Gasteiger charge is -2.33. The maximum atomic E-state index is 11.8. The zero-order valence-corrected chi connectivity index (χ0v) is 12.6. The monoisotopic (exact) mass is 288 g/mol. The summed E-state index contributed by atoms with van der Waals surface area (Å²) >= 11 is 0. The Kier molecular flexibility index (Phi) is 5.99. The minimum Gasteiger partial charge on any atom is -0.481 e. The Morgan fingerprint density at radius 1 is 1.05 bits per heavy atom. The largest absolute Gasteiger partial charge is 0.481 e. The molecule has 0 radical (unpaired) electrons. The zero-order chi connectivity index (χ0) is 16.1. The highest BCUT2D eigenvalue weighted by Gasteiger charge is 2.29. The molecule has 0 fully saturated rings. The van der Waals surface area contributed by atoms with Crippen LogP contribution in [0, 0.1) is 5.41 Å². The van der Waals surface area contributed by atoms with Crippen LogP contribution in [0.5, 0.6) is 0 Å². The lowest BCUT2D eigenvalue weighted by atomic mass is 9.82. The highest BCUT2D eigenvalue weighted by atomic mass is 16.4. The van der Waals surface area contributed by atoms with Gasteiger partial charge in [-0.1, -0.05) is 20.8 Å². The van der Waals surface area contributed by atoms with Gasteiger partial charge in [0.15, 0.2) is 0 Å². The third-order valence-corrected chi connectivity index (χ3v) is 2.41. The Hall–Kier alpha value is -1.79. The van der Waals surface area contributed by atoms with Crippen LogP contribution in [-0.4, -0.2) is 39.8 Å². The number of carbonyl (C=O) groups is 3. The van der Waals surface area contributed by atoms with E-state index in [0.717, 1.165) is 0 Å². The molecule has 0 bridgehead atoms. The Balaban J connectivity index is 4.60. The Morgan fingerprint density at radius 3 is 1.90 bits per heavy atom. The first-order valence-corrected chi connectivity index (χ1v) is 6.36. The number of carboxylic acid groups (broad SMARTS) is 2. The third kappa shape index (κ3) is 8.34. The van der Waals surface area contributed by atoms with Crippen LogP contribution in [0.15, 0.2) is 0 Å². The molecule has 4 N–H and O–H groups in total. The summed E-state index contributed by atoms with van der Waals surface area (Å²) < 4.78 is 0. The maximum absolute atomic E-state index is 11.8. The average Bonchev–Trinajstić information content (AvgIpc) is 2.09. The van der Waals surface area contributed by atoms with Crippen molar-refractivity contribution in [3.8, 4) is 0 Å². The number of hydrogen-bond donors (Lipinski definition) is 4. The molecule has 0 aliphatic carbocycles. The van der Waals surface area contributed by atoms with Gasteiger partial charge >= 0.3 is 18.0 Å². The van der Waals surface area contributed by atoms with Crippen molar-refractivity contribution in [3.63, 3.8) is 0 Å². The van der Waals surface area contributed by atoms with Crippen molar-refractivity contribution in [2.24, 2.45) is 5.41 Å². The molecule has 7 nitrogen and oxygen atoms in total. The number of carbonyl (C=O) groups excluding carboxylic acids is 1. The standard InChI is InChI=1S/C13H24N2O5/c1-12(2,3)7-13(4,5)15-11(20)14-8(10(18)19)6-9(16)17/h8H,6-7H2,1-5H3,(H,16,17)(H,18,19)(H2,14,15,20)/t8-/m1/s1. The molecule has 0 aliphatic heterocycles. The fraction of sp³-hybridized carbons (Fsp3) is 0.769. The summed E-state index contributed by atoms with van der Waals surface area (Å²) in [5.74, 6) is -2.66. The second-order valence-corrected chi connectivity index (χ2v) is 6.71. The summed E-state index contributed by atoms with van der Waals surface area (Å²) in [6, 6.07) is -2.13. The third-order valence-electron chi connectivity index (χ3n) is 2.41. The number of carboxylic acids is 2. The van der Waals surface area contributed by atoms with E-state index in [4.69, 9.17) is 10.2 Å². The molecule has 7 heteroatoms. The second kappa shape index (κ2) is 6.58. The first kappa shape index (κ1) is 18.2. The molecule has 0 aromatic carbocycles. The molecule has 0 spiro atoms. The fourth-order valence-corrected chi connectivity index (χ4v) is 2.25. The quantitative estimate of drug-likeness (QED) is 0.590. The predicted octanol–water partition coefficient (Wildman–Crippen LogP) is 1.43. The molecule has 116 valence electrons. The van der Waals surface area contributed by atoms with E-state index in [9.17, 15) is 14.4 Å². The molecule has 20 heavy (non-hydrogen) atoms. The van der Waals surface area contributed by atoms with Gasteiger partial charge in [-0.3, -0.25) is 4.79 Å². The van der Waals surface area contributed by atoms with Gasteiger partial charge in [0, 0.05) is 5.54 Å². The van der Waals surface area contributed by atoms with E-state index in [1.807, 2.05) is 34.6 Å². The van der Waals surface area contributed by atoms with E-state index in [0.29, 0.717) is 6.42 Å². The van der Waals surface area contributed by atoms with Crippen molar-refractivity contribution in [2.75, 3.05) is 0 Å². The first-order valence-electron chi connectivity index (χ1n) is 6.36. The molecule has 2 amide bonds. The molecular formula is C13H24N2O5. The SMILES string of the molecule is CC(C)(C)CC(C)(C)NC(=O)N[C@H](CC(=O)O)C(=O)O. The van der Waals surface area contributed by atoms with Crippen LogP contribution in [0.1, 0.15) is 47.5 Å².